The van der Waals surface area contributed by atoms with Crippen molar-refractivity contribution in [3.05, 3.63) is 0 Å². The van der Waals surface area contributed by atoms with Gasteiger partial charge in [0, 0.05) is 6.04 Å². The molecule has 2 amide bonds. The molecule has 1 saturated carbocycles. The molecule has 1 heterocycles. The van der Waals surface area contributed by atoms with Crippen LogP contribution in [0.2, 0.25) is 0 Å². The van der Waals surface area contributed by atoms with Crippen molar-refractivity contribution in [1.29, 1.82) is 0 Å². The summed E-state index contributed by atoms with van der Waals surface area (Å²) in [5, 5.41) is 8.83. The first-order valence-corrected chi connectivity index (χ1v) is 6.51. The van der Waals surface area contributed by atoms with Crippen LogP contribution in [0.4, 0.5) is 0 Å². The fourth-order valence-electron chi connectivity index (χ4n) is 2.01. The van der Waals surface area contributed by atoms with Crippen LogP contribution >= 0.6 is 0 Å². The number of hydrogen-bond donors (Lipinski definition) is 3. The Bertz CT molecular complexity index is 296. The second kappa shape index (κ2) is 5.49. The van der Waals surface area contributed by atoms with E-state index in [-0.39, 0.29) is 17.9 Å². The summed E-state index contributed by atoms with van der Waals surface area (Å²) in [6, 6.07) is -0.221. The van der Waals surface area contributed by atoms with E-state index >= 15 is 0 Å². The molecular formula is C12H21N3O2. The SMILES string of the molecule is CC(NC(=O)[C@H]1CCCCN1)C(=O)NC1CC1. The third-order valence-electron chi connectivity index (χ3n) is 3.30. The molecule has 1 aliphatic carbocycles. The van der Waals surface area contributed by atoms with Gasteiger partial charge in [-0.25, -0.2) is 0 Å². The highest BCUT2D eigenvalue weighted by atomic mass is 16.2. The number of rotatable bonds is 4. The highest BCUT2D eigenvalue weighted by Gasteiger charge is 2.28. The zero-order chi connectivity index (χ0) is 12.3. The average Bonchev–Trinajstić information content (AvgIpc) is 3.14. The lowest BCUT2D eigenvalue weighted by Gasteiger charge is -2.24. The van der Waals surface area contributed by atoms with Crippen LogP contribution in [0.3, 0.4) is 0 Å². The summed E-state index contributed by atoms with van der Waals surface area (Å²) < 4.78 is 0. The van der Waals surface area contributed by atoms with Crippen LogP contribution in [-0.4, -0.2) is 36.5 Å². The fraction of sp³-hybridized carbons (Fsp3) is 0.833. The standard InChI is InChI=1S/C12H21N3O2/c1-8(11(16)15-9-5-6-9)14-12(17)10-4-2-3-7-13-10/h8-10,13H,2-7H2,1H3,(H,14,17)(H,15,16)/t8?,10-/m1/s1. The molecule has 2 atom stereocenters. The zero-order valence-electron chi connectivity index (χ0n) is 10.3. The van der Waals surface area contributed by atoms with Gasteiger partial charge in [-0.3, -0.25) is 9.59 Å². The Morgan fingerprint density at radius 1 is 1.24 bits per heavy atom. The van der Waals surface area contributed by atoms with Crippen molar-refractivity contribution < 1.29 is 9.59 Å². The zero-order valence-corrected chi connectivity index (χ0v) is 10.3. The largest absolute Gasteiger partial charge is 0.352 e. The molecule has 1 aliphatic heterocycles. The second-order valence-electron chi connectivity index (χ2n) is 5.02. The molecule has 0 spiro atoms. The first-order valence-electron chi connectivity index (χ1n) is 6.51. The van der Waals surface area contributed by atoms with Crippen molar-refractivity contribution in [2.45, 2.75) is 57.2 Å². The second-order valence-corrected chi connectivity index (χ2v) is 5.02. The van der Waals surface area contributed by atoms with Gasteiger partial charge in [0.05, 0.1) is 6.04 Å². The maximum atomic E-state index is 11.9. The Hall–Kier alpha value is -1.10. The lowest BCUT2D eigenvalue weighted by atomic mass is 10.0. The maximum Gasteiger partial charge on any atom is 0.242 e. The van der Waals surface area contributed by atoms with Gasteiger partial charge in [0.15, 0.2) is 0 Å². The van der Waals surface area contributed by atoms with E-state index in [9.17, 15) is 9.59 Å². The van der Waals surface area contributed by atoms with Gasteiger partial charge >= 0.3 is 0 Å². The van der Waals surface area contributed by atoms with Gasteiger partial charge in [0.2, 0.25) is 11.8 Å². The van der Waals surface area contributed by atoms with Crippen molar-refractivity contribution in [1.82, 2.24) is 16.0 Å². The van der Waals surface area contributed by atoms with Crippen molar-refractivity contribution in [2.24, 2.45) is 0 Å². The van der Waals surface area contributed by atoms with Crippen LogP contribution in [0.25, 0.3) is 0 Å². The molecule has 2 aliphatic rings. The van der Waals surface area contributed by atoms with E-state index < -0.39 is 6.04 Å². The molecule has 0 bridgehead atoms. The van der Waals surface area contributed by atoms with Gasteiger partial charge in [-0.2, -0.15) is 0 Å². The summed E-state index contributed by atoms with van der Waals surface area (Å²) in [5.41, 5.74) is 0. The van der Waals surface area contributed by atoms with Crippen molar-refractivity contribution >= 4 is 11.8 Å². The lowest BCUT2D eigenvalue weighted by Crippen LogP contribution is -2.52. The fourth-order valence-corrected chi connectivity index (χ4v) is 2.01. The molecule has 2 rings (SSSR count). The first-order chi connectivity index (χ1) is 8.16. The average molecular weight is 239 g/mol. The quantitative estimate of drug-likeness (QED) is 0.642. The smallest absolute Gasteiger partial charge is 0.242 e. The number of carbonyl (C=O) groups excluding carboxylic acids is 2. The Balaban J connectivity index is 1.73. The van der Waals surface area contributed by atoms with Crippen molar-refractivity contribution in [3.63, 3.8) is 0 Å². The Labute approximate surface area is 102 Å². The molecule has 1 unspecified atom stereocenters. The van der Waals surface area contributed by atoms with Gasteiger partial charge < -0.3 is 16.0 Å². The van der Waals surface area contributed by atoms with E-state index in [1.54, 1.807) is 6.92 Å². The Morgan fingerprint density at radius 3 is 2.59 bits per heavy atom. The molecule has 0 aromatic carbocycles. The third kappa shape index (κ3) is 3.70. The normalized spacial score (nSPS) is 26.1. The topological polar surface area (TPSA) is 70.2 Å². The minimum Gasteiger partial charge on any atom is -0.352 e. The van der Waals surface area contributed by atoms with E-state index in [2.05, 4.69) is 16.0 Å². The summed E-state index contributed by atoms with van der Waals surface area (Å²) in [6.07, 6.45) is 5.20. The molecule has 5 nitrogen and oxygen atoms in total. The van der Waals surface area contributed by atoms with Gasteiger partial charge in [-0.05, 0) is 39.2 Å². The summed E-state index contributed by atoms with van der Waals surface area (Å²) in [5.74, 6) is -0.125. The monoisotopic (exact) mass is 239 g/mol. The highest BCUT2D eigenvalue weighted by molar-refractivity contribution is 5.89. The molecule has 5 heteroatoms. The number of carbonyl (C=O) groups is 2. The molecule has 2 fully saturated rings. The summed E-state index contributed by atoms with van der Waals surface area (Å²) in [6.45, 7) is 2.62. The van der Waals surface area contributed by atoms with Crippen LogP contribution in [0.5, 0.6) is 0 Å². The van der Waals surface area contributed by atoms with E-state index in [1.807, 2.05) is 0 Å². The maximum absolute atomic E-state index is 11.9. The van der Waals surface area contributed by atoms with E-state index in [0.717, 1.165) is 38.6 Å². The van der Waals surface area contributed by atoms with Crippen LogP contribution < -0.4 is 16.0 Å². The lowest BCUT2D eigenvalue weighted by molar-refractivity contribution is -0.130. The van der Waals surface area contributed by atoms with Crippen LogP contribution in [0.1, 0.15) is 39.0 Å². The highest BCUT2D eigenvalue weighted by Crippen LogP contribution is 2.18. The number of hydrogen-bond acceptors (Lipinski definition) is 3. The molecule has 0 radical (unpaired) electrons. The van der Waals surface area contributed by atoms with Crippen molar-refractivity contribution in [3.8, 4) is 0 Å². The molecule has 0 aromatic rings. The summed E-state index contributed by atoms with van der Waals surface area (Å²) in [7, 11) is 0. The van der Waals surface area contributed by atoms with Gasteiger partial charge in [0.25, 0.3) is 0 Å². The van der Waals surface area contributed by atoms with Crippen molar-refractivity contribution in [2.75, 3.05) is 6.54 Å². The first kappa shape index (κ1) is 12.4. The molecule has 17 heavy (non-hydrogen) atoms. The summed E-state index contributed by atoms with van der Waals surface area (Å²) in [4.78, 5) is 23.5. The van der Waals surface area contributed by atoms with E-state index in [0.29, 0.717) is 6.04 Å². The number of nitrogens with one attached hydrogen (secondary N) is 3. The molecular weight excluding hydrogens is 218 g/mol. The van der Waals surface area contributed by atoms with Crippen LogP contribution in [-0.2, 0) is 9.59 Å². The minimum atomic E-state index is -0.438. The molecule has 96 valence electrons. The summed E-state index contributed by atoms with van der Waals surface area (Å²) >= 11 is 0. The number of piperidine rings is 1. The van der Waals surface area contributed by atoms with Gasteiger partial charge in [0.1, 0.15) is 6.04 Å². The van der Waals surface area contributed by atoms with Gasteiger partial charge in [-0.1, -0.05) is 6.42 Å². The van der Waals surface area contributed by atoms with Crippen LogP contribution in [0, 0.1) is 0 Å². The molecule has 1 saturated heterocycles. The molecule has 3 N–H and O–H groups in total. The number of amides is 2. The van der Waals surface area contributed by atoms with E-state index in [1.165, 1.54) is 0 Å². The van der Waals surface area contributed by atoms with Crippen LogP contribution in [0.15, 0.2) is 0 Å². The molecule has 0 aromatic heterocycles. The third-order valence-corrected chi connectivity index (χ3v) is 3.30. The Morgan fingerprint density at radius 2 is 2.00 bits per heavy atom. The predicted octanol–water partition coefficient (Wildman–Crippen LogP) is -0.0882. The minimum absolute atomic E-state index is 0.0526. The van der Waals surface area contributed by atoms with E-state index in [4.69, 9.17) is 0 Å². The predicted molar refractivity (Wildman–Crippen MR) is 64.4 cm³/mol. The Kier molecular flexibility index (Phi) is 3.99. The van der Waals surface area contributed by atoms with Gasteiger partial charge in [-0.15, -0.1) is 0 Å².